The third-order valence-corrected chi connectivity index (χ3v) is 2.51. The summed E-state index contributed by atoms with van der Waals surface area (Å²) in [7, 11) is 0. The lowest BCUT2D eigenvalue weighted by molar-refractivity contribution is -0.116. The average molecular weight is 234 g/mol. The van der Waals surface area contributed by atoms with Crippen LogP contribution in [0.2, 0.25) is 0 Å². The van der Waals surface area contributed by atoms with E-state index in [4.69, 9.17) is 0 Å². The van der Waals surface area contributed by atoms with Crippen LogP contribution >= 0.6 is 0 Å². The lowest BCUT2D eigenvalue weighted by atomic mass is 10.2. The van der Waals surface area contributed by atoms with Gasteiger partial charge in [0.2, 0.25) is 5.91 Å². The zero-order valence-electron chi connectivity index (χ0n) is 10.8. The largest absolute Gasteiger partial charge is 0.385 e. The number of carbonyl (C=O) groups excluding carboxylic acids is 1. The number of amides is 1. The van der Waals surface area contributed by atoms with Crippen LogP contribution in [0.15, 0.2) is 24.3 Å². The van der Waals surface area contributed by atoms with Gasteiger partial charge in [-0.15, -0.1) is 0 Å². The van der Waals surface area contributed by atoms with E-state index in [0.29, 0.717) is 6.42 Å². The van der Waals surface area contributed by atoms with E-state index in [0.717, 1.165) is 24.3 Å². The molecule has 3 heteroatoms. The number of rotatable bonds is 7. The fraction of sp³-hybridized carbons (Fsp3) is 0.500. The van der Waals surface area contributed by atoms with E-state index in [1.165, 1.54) is 12.8 Å². The summed E-state index contributed by atoms with van der Waals surface area (Å²) in [5, 5.41) is 6.21. The number of hydrogen-bond acceptors (Lipinski definition) is 2. The minimum Gasteiger partial charge on any atom is -0.385 e. The van der Waals surface area contributed by atoms with Crippen LogP contribution in [-0.2, 0) is 4.79 Å². The molecule has 0 aromatic heterocycles. The first-order valence-corrected chi connectivity index (χ1v) is 6.40. The third-order valence-electron chi connectivity index (χ3n) is 2.51. The first kappa shape index (κ1) is 13.6. The molecule has 0 fully saturated rings. The van der Waals surface area contributed by atoms with Gasteiger partial charge in [-0.25, -0.2) is 0 Å². The van der Waals surface area contributed by atoms with Crippen molar-refractivity contribution >= 4 is 17.3 Å². The van der Waals surface area contributed by atoms with Crippen LogP contribution < -0.4 is 10.6 Å². The van der Waals surface area contributed by atoms with Gasteiger partial charge in [0.1, 0.15) is 0 Å². The van der Waals surface area contributed by atoms with Crippen LogP contribution in [0.4, 0.5) is 11.4 Å². The predicted octanol–water partition coefficient (Wildman–Crippen LogP) is 3.64. The number of nitrogens with one attached hydrogen (secondary N) is 2. The highest BCUT2D eigenvalue weighted by atomic mass is 16.1. The molecule has 0 aliphatic heterocycles. The summed E-state index contributed by atoms with van der Waals surface area (Å²) < 4.78 is 0. The molecule has 1 aromatic carbocycles. The number of benzene rings is 1. The van der Waals surface area contributed by atoms with E-state index < -0.39 is 0 Å². The Morgan fingerprint density at radius 1 is 1.06 bits per heavy atom. The molecular weight excluding hydrogens is 212 g/mol. The summed E-state index contributed by atoms with van der Waals surface area (Å²) in [6.45, 7) is 5.17. The van der Waals surface area contributed by atoms with E-state index in [2.05, 4.69) is 17.6 Å². The highest BCUT2D eigenvalue weighted by molar-refractivity contribution is 5.90. The van der Waals surface area contributed by atoms with E-state index in [1.807, 2.05) is 31.2 Å². The highest BCUT2D eigenvalue weighted by Gasteiger charge is 2.00. The van der Waals surface area contributed by atoms with Crippen LogP contribution in [0.5, 0.6) is 0 Å². The van der Waals surface area contributed by atoms with Crippen molar-refractivity contribution in [3.05, 3.63) is 24.3 Å². The SMILES string of the molecule is CCCCNc1ccc(NC(=O)CCC)cc1. The summed E-state index contributed by atoms with van der Waals surface area (Å²) in [4.78, 5) is 11.4. The standard InChI is InChI=1S/C14H22N2O/c1-3-5-11-15-12-7-9-13(10-8-12)16-14(17)6-4-2/h7-10,15H,3-6,11H2,1-2H3,(H,16,17). The maximum absolute atomic E-state index is 11.4. The van der Waals surface area contributed by atoms with Gasteiger partial charge >= 0.3 is 0 Å². The van der Waals surface area contributed by atoms with Gasteiger partial charge in [-0.3, -0.25) is 4.79 Å². The van der Waals surface area contributed by atoms with Crippen molar-refractivity contribution in [2.24, 2.45) is 0 Å². The summed E-state index contributed by atoms with van der Waals surface area (Å²) in [5.74, 6) is 0.0826. The second kappa shape index (κ2) is 7.71. The Labute approximate surface area is 104 Å². The molecule has 2 N–H and O–H groups in total. The number of anilines is 2. The van der Waals surface area contributed by atoms with E-state index >= 15 is 0 Å². The van der Waals surface area contributed by atoms with E-state index in [1.54, 1.807) is 0 Å². The van der Waals surface area contributed by atoms with Gasteiger partial charge in [-0.1, -0.05) is 20.3 Å². The van der Waals surface area contributed by atoms with Gasteiger partial charge in [0.25, 0.3) is 0 Å². The molecule has 0 atom stereocenters. The summed E-state index contributed by atoms with van der Waals surface area (Å²) in [6, 6.07) is 7.86. The van der Waals surface area contributed by atoms with Gasteiger partial charge in [-0.05, 0) is 37.1 Å². The lowest BCUT2D eigenvalue weighted by Gasteiger charge is -2.07. The molecule has 0 radical (unpaired) electrons. The van der Waals surface area contributed by atoms with Gasteiger partial charge in [0.15, 0.2) is 0 Å². The third kappa shape index (κ3) is 5.38. The van der Waals surface area contributed by atoms with Crippen LogP contribution in [0, 0.1) is 0 Å². The second-order valence-electron chi connectivity index (χ2n) is 4.16. The maximum atomic E-state index is 11.4. The molecule has 0 bridgehead atoms. The maximum Gasteiger partial charge on any atom is 0.224 e. The van der Waals surface area contributed by atoms with Crippen LogP contribution in [0.25, 0.3) is 0 Å². The Hall–Kier alpha value is -1.51. The summed E-state index contributed by atoms with van der Waals surface area (Å²) >= 11 is 0. The molecule has 0 aliphatic rings. The van der Waals surface area contributed by atoms with E-state index in [-0.39, 0.29) is 5.91 Å². The van der Waals surface area contributed by atoms with Gasteiger partial charge in [-0.2, -0.15) is 0 Å². The Kier molecular flexibility index (Phi) is 6.15. The minimum atomic E-state index is 0.0826. The van der Waals surface area contributed by atoms with Crippen molar-refractivity contribution in [3.8, 4) is 0 Å². The zero-order chi connectivity index (χ0) is 12.5. The topological polar surface area (TPSA) is 41.1 Å². The van der Waals surface area contributed by atoms with Crippen molar-refractivity contribution in [1.82, 2.24) is 0 Å². The molecule has 17 heavy (non-hydrogen) atoms. The number of hydrogen-bond donors (Lipinski definition) is 2. The van der Waals surface area contributed by atoms with Crippen molar-refractivity contribution in [2.75, 3.05) is 17.2 Å². The molecule has 1 rings (SSSR count). The molecule has 1 amide bonds. The fourth-order valence-corrected chi connectivity index (χ4v) is 1.53. The highest BCUT2D eigenvalue weighted by Crippen LogP contribution is 2.14. The second-order valence-corrected chi connectivity index (χ2v) is 4.16. The van der Waals surface area contributed by atoms with E-state index in [9.17, 15) is 4.79 Å². The Bertz CT molecular complexity index is 333. The average Bonchev–Trinajstić information content (AvgIpc) is 2.32. The monoisotopic (exact) mass is 234 g/mol. The van der Waals surface area contributed by atoms with Crippen LogP contribution in [0.3, 0.4) is 0 Å². The van der Waals surface area contributed by atoms with Crippen molar-refractivity contribution in [3.63, 3.8) is 0 Å². The molecule has 0 unspecified atom stereocenters. The quantitative estimate of drug-likeness (QED) is 0.707. The van der Waals surface area contributed by atoms with Gasteiger partial charge < -0.3 is 10.6 Å². The van der Waals surface area contributed by atoms with Gasteiger partial charge in [0, 0.05) is 24.3 Å². The zero-order valence-corrected chi connectivity index (χ0v) is 10.8. The van der Waals surface area contributed by atoms with Crippen LogP contribution in [0.1, 0.15) is 39.5 Å². The molecule has 0 saturated heterocycles. The lowest BCUT2D eigenvalue weighted by Crippen LogP contribution is -2.10. The summed E-state index contributed by atoms with van der Waals surface area (Å²) in [6.07, 6.45) is 3.83. The van der Waals surface area contributed by atoms with Gasteiger partial charge in [0.05, 0.1) is 0 Å². The Morgan fingerprint density at radius 3 is 2.29 bits per heavy atom. The van der Waals surface area contributed by atoms with Crippen LogP contribution in [-0.4, -0.2) is 12.5 Å². The van der Waals surface area contributed by atoms with Crippen molar-refractivity contribution in [1.29, 1.82) is 0 Å². The molecule has 0 aliphatic carbocycles. The predicted molar refractivity (Wildman–Crippen MR) is 73.4 cm³/mol. The molecule has 0 spiro atoms. The van der Waals surface area contributed by atoms with Crippen molar-refractivity contribution < 1.29 is 4.79 Å². The molecular formula is C14H22N2O. The Morgan fingerprint density at radius 2 is 1.71 bits per heavy atom. The smallest absolute Gasteiger partial charge is 0.224 e. The number of carbonyl (C=O) groups is 1. The molecule has 0 heterocycles. The summed E-state index contributed by atoms with van der Waals surface area (Å²) in [5.41, 5.74) is 1.97. The molecule has 0 saturated carbocycles. The minimum absolute atomic E-state index is 0.0826. The first-order chi connectivity index (χ1) is 8.26. The normalized spacial score (nSPS) is 10.0. The first-order valence-electron chi connectivity index (χ1n) is 6.40. The van der Waals surface area contributed by atoms with Crippen molar-refractivity contribution in [2.45, 2.75) is 39.5 Å². The number of unbranched alkanes of at least 4 members (excludes halogenated alkanes) is 1. The Balaban J connectivity index is 2.41. The molecule has 3 nitrogen and oxygen atoms in total. The molecule has 1 aromatic rings. The fourth-order valence-electron chi connectivity index (χ4n) is 1.53. The molecule has 94 valence electrons.